The zero-order valence-corrected chi connectivity index (χ0v) is 11.9. The van der Waals surface area contributed by atoms with Crippen LogP contribution in [0.2, 0.25) is 0 Å². The fraction of sp³-hybridized carbons (Fsp3) is 0.538. The normalized spacial score (nSPS) is 16.6. The Morgan fingerprint density at radius 3 is 2.58 bits per heavy atom. The summed E-state index contributed by atoms with van der Waals surface area (Å²) in [6.07, 6.45) is 0.193. The Labute approximate surface area is 118 Å². The van der Waals surface area contributed by atoms with Gasteiger partial charge in [-0.25, -0.2) is 0 Å². The first-order valence-electron chi connectivity index (χ1n) is 6.23. The van der Waals surface area contributed by atoms with Gasteiger partial charge in [-0.05, 0) is 46.8 Å². The SMILES string of the molecule is FC(F)(F)Oc1ccc(Br)c(NCC2CCCC2)c1. The van der Waals surface area contributed by atoms with Crippen LogP contribution in [0.3, 0.4) is 0 Å². The minimum atomic E-state index is -4.66. The molecule has 0 heterocycles. The third kappa shape index (κ3) is 4.60. The van der Waals surface area contributed by atoms with Gasteiger partial charge in [0.15, 0.2) is 0 Å². The predicted octanol–water partition coefficient (Wildman–Crippen LogP) is 4.95. The van der Waals surface area contributed by atoms with E-state index in [2.05, 4.69) is 26.0 Å². The summed E-state index contributed by atoms with van der Waals surface area (Å²) in [5.74, 6) is 0.406. The summed E-state index contributed by atoms with van der Waals surface area (Å²) >= 11 is 3.32. The van der Waals surface area contributed by atoms with E-state index in [0.717, 1.165) is 11.0 Å². The highest BCUT2D eigenvalue weighted by Crippen LogP contribution is 2.32. The molecule has 106 valence electrons. The van der Waals surface area contributed by atoms with Crippen LogP contribution in [-0.2, 0) is 0 Å². The Kier molecular flexibility index (Phi) is 4.60. The van der Waals surface area contributed by atoms with Crippen molar-refractivity contribution in [1.29, 1.82) is 0 Å². The van der Waals surface area contributed by atoms with Crippen molar-refractivity contribution in [2.24, 2.45) is 5.92 Å². The van der Waals surface area contributed by atoms with Crippen LogP contribution in [-0.4, -0.2) is 12.9 Å². The molecule has 0 aliphatic heterocycles. The van der Waals surface area contributed by atoms with Gasteiger partial charge in [-0.2, -0.15) is 0 Å². The van der Waals surface area contributed by atoms with E-state index in [1.54, 1.807) is 6.07 Å². The topological polar surface area (TPSA) is 21.3 Å². The fourth-order valence-electron chi connectivity index (χ4n) is 2.31. The average molecular weight is 338 g/mol. The molecule has 0 aromatic heterocycles. The van der Waals surface area contributed by atoms with Crippen molar-refractivity contribution in [3.8, 4) is 5.75 Å². The Morgan fingerprint density at radius 1 is 1.26 bits per heavy atom. The molecule has 0 spiro atoms. The molecular formula is C13H15BrF3NO. The van der Waals surface area contributed by atoms with Gasteiger partial charge in [0.25, 0.3) is 0 Å². The number of hydrogen-bond acceptors (Lipinski definition) is 2. The van der Waals surface area contributed by atoms with Crippen LogP contribution in [0, 0.1) is 5.92 Å². The molecule has 6 heteroatoms. The van der Waals surface area contributed by atoms with Crippen LogP contribution in [0.15, 0.2) is 22.7 Å². The summed E-state index contributed by atoms with van der Waals surface area (Å²) < 4.78 is 41.1. The molecule has 2 nitrogen and oxygen atoms in total. The number of benzene rings is 1. The van der Waals surface area contributed by atoms with Gasteiger partial charge >= 0.3 is 6.36 Å². The molecule has 0 atom stereocenters. The highest BCUT2D eigenvalue weighted by atomic mass is 79.9. The standard InChI is InChI=1S/C13H15BrF3NO/c14-11-6-5-10(19-13(15,16)17)7-12(11)18-8-9-3-1-2-4-9/h5-7,9,18H,1-4,8H2. The minimum absolute atomic E-state index is 0.204. The molecule has 1 aliphatic carbocycles. The maximum absolute atomic E-state index is 12.2. The number of rotatable bonds is 4. The van der Waals surface area contributed by atoms with Gasteiger partial charge in [-0.3, -0.25) is 0 Å². The summed E-state index contributed by atoms with van der Waals surface area (Å²) in [4.78, 5) is 0. The maximum Gasteiger partial charge on any atom is 0.573 e. The molecule has 2 rings (SSSR count). The van der Waals surface area contributed by atoms with Gasteiger partial charge in [0.1, 0.15) is 5.75 Å². The van der Waals surface area contributed by atoms with Crippen LogP contribution in [0.25, 0.3) is 0 Å². The zero-order valence-electron chi connectivity index (χ0n) is 10.3. The molecular weight excluding hydrogens is 323 g/mol. The number of halogens is 4. The summed E-state index contributed by atoms with van der Waals surface area (Å²) in [5.41, 5.74) is 0.633. The molecule has 1 fully saturated rings. The molecule has 0 radical (unpaired) electrons. The fourth-order valence-corrected chi connectivity index (χ4v) is 2.69. The second kappa shape index (κ2) is 6.03. The van der Waals surface area contributed by atoms with E-state index in [-0.39, 0.29) is 5.75 Å². The number of hydrogen-bond donors (Lipinski definition) is 1. The third-order valence-corrected chi connectivity index (χ3v) is 3.92. The molecule has 0 unspecified atom stereocenters. The summed E-state index contributed by atoms with van der Waals surface area (Å²) in [7, 11) is 0. The van der Waals surface area contributed by atoms with E-state index in [1.807, 2.05) is 0 Å². The van der Waals surface area contributed by atoms with Crippen LogP contribution in [0.5, 0.6) is 5.75 Å². The van der Waals surface area contributed by atoms with Crippen molar-refractivity contribution >= 4 is 21.6 Å². The number of ether oxygens (including phenoxy) is 1. The van der Waals surface area contributed by atoms with Gasteiger partial charge in [-0.1, -0.05) is 12.8 Å². The quantitative estimate of drug-likeness (QED) is 0.839. The van der Waals surface area contributed by atoms with Gasteiger partial charge in [0, 0.05) is 17.1 Å². The predicted molar refractivity (Wildman–Crippen MR) is 71.3 cm³/mol. The first kappa shape index (κ1) is 14.5. The van der Waals surface area contributed by atoms with Crippen LogP contribution < -0.4 is 10.1 Å². The van der Waals surface area contributed by atoms with Gasteiger partial charge in [0.2, 0.25) is 0 Å². The molecule has 0 bridgehead atoms. The maximum atomic E-state index is 12.2. The van der Waals surface area contributed by atoms with Gasteiger partial charge in [-0.15, -0.1) is 13.2 Å². The van der Waals surface area contributed by atoms with Crippen molar-refractivity contribution in [3.05, 3.63) is 22.7 Å². The van der Waals surface area contributed by atoms with Gasteiger partial charge < -0.3 is 10.1 Å². The lowest BCUT2D eigenvalue weighted by molar-refractivity contribution is -0.274. The number of nitrogens with one attached hydrogen (secondary N) is 1. The van der Waals surface area contributed by atoms with Crippen molar-refractivity contribution in [3.63, 3.8) is 0 Å². The van der Waals surface area contributed by atoms with Crippen LogP contribution >= 0.6 is 15.9 Å². The Morgan fingerprint density at radius 2 is 1.95 bits per heavy atom. The molecule has 1 aromatic rings. The third-order valence-electron chi connectivity index (χ3n) is 3.23. The average Bonchev–Trinajstić information content (AvgIpc) is 2.81. The number of alkyl halides is 3. The van der Waals surface area contributed by atoms with Crippen molar-refractivity contribution in [2.75, 3.05) is 11.9 Å². The second-order valence-electron chi connectivity index (χ2n) is 4.72. The lowest BCUT2D eigenvalue weighted by atomic mass is 10.1. The highest BCUT2D eigenvalue weighted by molar-refractivity contribution is 9.10. The van der Waals surface area contributed by atoms with Crippen molar-refractivity contribution in [2.45, 2.75) is 32.0 Å². The number of anilines is 1. The highest BCUT2D eigenvalue weighted by Gasteiger charge is 2.31. The summed E-state index contributed by atoms with van der Waals surface area (Å²) in [6, 6.07) is 4.21. The van der Waals surface area contributed by atoms with Crippen LogP contribution in [0.4, 0.5) is 18.9 Å². The first-order valence-corrected chi connectivity index (χ1v) is 7.02. The largest absolute Gasteiger partial charge is 0.573 e. The van der Waals surface area contributed by atoms with E-state index in [0.29, 0.717) is 11.6 Å². The van der Waals surface area contributed by atoms with E-state index in [4.69, 9.17) is 0 Å². The Balaban J connectivity index is 2.00. The molecule has 19 heavy (non-hydrogen) atoms. The summed E-state index contributed by atoms with van der Waals surface area (Å²) in [5, 5.41) is 3.19. The Bertz CT molecular complexity index is 430. The summed E-state index contributed by atoms with van der Waals surface area (Å²) in [6.45, 7) is 0.786. The zero-order chi connectivity index (χ0) is 13.9. The van der Waals surface area contributed by atoms with E-state index < -0.39 is 6.36 Å². The monoisotopic (exact) mass is 337 g/mol. The van der Waals surface area contributed by atoms with Gasteiger partial charge in [0.05, 0.1) is 5.69 Å². The Hall–Kier alpha value is -0.910. The van der Waals surface area contributed by atoms with Crippen molar-refractivity contribution < 1.29 is 17.9 Å². The van der Waals surface area contributed by atoms with Crippen molar-refractivity contribution in [1.82, 2.24) is 0 Å². The van der Waals surface area contributed by atoms with E-state index >= 15 is 0 Å². The molecule has 0 saturated heterocycles. The van der Waals surface area contributed by atoms with E-state index in [9.17, 15) is 13.2 Å². The molecule has 1 aromatic carbocycles. The first-order chi connectivity index (χ1) is 8.94. The molecule has 0 amide bonds. The lowest BCUT2D eigenvalue weighted by Crippen LogP contribution is -2.17. The minimum Gasteiger partial charge on any atom is -0.406 e. The van der Waals surface area contributed by atoms with E-state index in [1.165, 1.54) is 37.8 Å². The second-order valence-corrected chi connectivity index (χ2v) is 5.58. The lowest BCUT2D eigenvalue weighted by Gasteiger charge is -2.15. The molecule has 1 saturated carbocycles. The smallest absolute Gasteiger partial charge is 0.406 e. The molecule has 1 N–H and O–H groups in total. The van der Waals surface area contributed by atoms with Crippen LogP contribution in [0.1, 0.15) is 25.7 Å². The molecule has 1 aliphatic rings.